The summed E-state index contributed by atoms with van der Waals surface area (Å²) in [5.74, 6) is 0. The summed E-state index contributed by atoms with van der Waals surface area (Å²) < 4.78 is 11.5. The Kier molecular flexibility index (Phi) is 4.17. The van der Waals surface area contributed by atoms with Gasteiger partial charge < -0.3 is 14.8 Å². The molecule has 3 heterocycles. The van der Waals surface area contributed by atoms with Crippen LogP contribution in [0.25, 0.3) is 0 Å². The molecule has 106 valence electrons. The third-order valence-electron chi connectivity index (χ3n) is 4.11. The zero-order valence-electron chi connectivity index (χ0n) is 11.5. The van der Waals surface area contributed by atoms with Crippen molar-refractivity contribution in [2.24, 2.45) is 0 Å². The lowest BCUT2D eigenvalue weighted by Gasteiger charge is -2.43. The molecular formula is C14H22N2O2S. The van der Waals surface area contributed by atoms with Gasteiger partial charge in [0.1, 0.15) is 5.01 Å². The summed E-state index contributed by atoms with van der Waals surface area (Å²) in [6, 6.07) is 0.552. The van der Waals surface area contributed by atoms with Crippen molar-refractivity contribution < 1.29 is 9.47 Å². The van der Waals surface area contributed by atoms with E-state index in [-0.39, 0.29) is 5.60 Å². The normalized spacial score (nSPS) is 26.7. The first-order valence-corrected chi connectivity index (χ1v) is 8.00. The SMILES string of the molecule is Cc1csc(CNC2CCOC3(CCOCC3)C2)n1. The van der Waals surface area contributed by atoms with Crippen LogP contribution in [0.1, 0.15) is 36.4 Å². The first-order valence-electron chi connectivity index (χ1n) is 7.12. The van der Waals surface area contributed by atoms with Gasteiger partial charge in [0.25, 0.3) is 0 Å². The Morgan fingerprint density at radius 2 is 2.26 bits per heavy atom. The lowest BCUT2D eigenvalue weighted by atomic mass is 9.84. The van der Waals surface area contributed by atoms with Gasteiger partial charge in [-0.05, 0) is 32.6 Å². The van der Waals surface area contributed by atoms with Gasteiger partial charge in [-0.2, -0.15) is 0 Å². The number of aromatic nitrogens is 1. The maximum absolute atomic E-state index is 6.06. The van der Waals surface area contributed by atoms with Crippen LogP contribution in [-0.4, -0.2) is 36.4 Å². The van der Waals surface area contributed by atoms with Gasteiger partial charge in [-0.15, -0.1) is 11.3 Å². The van der Waals surface area contributed by atoms with E-state index in [9.17, 15) is 0 Å². The van der Waals surface area contributed by atoms with Crippen molar-refractivity contribution in [3.05, 3.63) is 16.1 Å². The highest BCUT2D eigenvalue weighted by molar-refractivity contribution is 7.09. The summed E-state index contributed by atoms with van der Waals surface area (Å²) in [6.07, 6.45) is 4.30. The van der Waals surface area contributed by atoms with E-state index in [0.29, 0.717) is 6.04 Å². The summed E-state index contributed by atoms with van der Waals surface area (Å²) in [4.78, 5) is 4.50. The van der Waals surface area contributed by atoms with Crippen LogP contribution < -0.4 is 5.32 Å². The number of thiazole rings is 1. The highest BCUT2D eigenvalue weighted by Gasteiger charge is 2.38. The van der Waals surface area contributed by atoms with E-state index in [2.05, 4.69) is 15.7 Å². The van der Waals surface area contributed by atoms with Crippen molar-refractivity contribution in [3.8, 4) is 0 Å². The average molecular weight is 282 g/mol. The van der Waals surface area contributed by atoms with E-state index in [1.54, 1.807) is 11.3 Å². The summed E-state index contributed by atoms with van der Waals surface area (Å²) in [5.41, 5.74) is 1.20. The van der Waals surface area contributed by atoms with Crippen LogP contribution in [0.4, 0.5) is 0 Å². The van der Waals surface area contributed by atoms with E-state index in [1.807, 2.05) is 6.92 Å². The van der Waals surface area contributed by atoms with Crippen molar-refractivity contribution in [1.82, 2.24) is 10.3 Å². The first-order chi connectivity index (χ1) is 9.26. The highest BCUT2D eigenvalue weighted by Crippen LogP contribution is 2.34. The van der Waals surface area contributed by atoms with Crippen LogP contribution >= 0.6 is 11.3 Å². The van der Waals surface area contributed by atoms with Crippen molar-refractivity contribution in [2.45, 2.75) is 50.8 Å². The minimum Gasteiger partial charge on any atom is -0.381 e. The van der Waals surface area contributed by atoms with Crippen LogP contribution in [0.15, 0.2) is 5.38 Å². The molecule has 1 atom stereocenters. The number of hydrogen-bond donors (Lipinski definition) is 1. The number of nitrogens with zero attached hydrogens (tertiary/aromatic N) is 1. The van der Waals surface area contributed by atoms with Gasteiger partial charge in [0, 0.05) is 43.5 Å². The molecule has 1 unspecified atom stereocenters. The summed E-state index contributed by atoms with van der Waals surface area (Å²) >= 11 is 1.74. The number of rotatable bonds is 3. The molecule has 0 aliphatic carbocycles. The molecule has 19 heavy (non-hydrogen) atoms. The molecule has 1 aromatic rings. The van der Waals surface area contributed by atoms with E-state index < -0.39 is 0 Å². The summed E-state index contributed by atoms with van der Waals surface area (Å²) in [7, 11) is 0. The molecule has 0 amide bonds. The Labute approximate surface area is 118 Å². The monoisotopic (exact) mass is 282 g/mol. The Morgan fingerprint density at radius 3 is 3.00 bits per heavy atom. The van der Waals surface area contributed by atoms with Crippen molar-refractivity contribution in [3.63, 3.8) is 0 Å². The molecule has 0 saturated carbocycles. The third-order valence-corrected chi connectivity index (χ3v) is 5.07. The molecule has 4 nitrogen and oxygen atoms in total. The van der Waals surface area contributed by atoms with Gasteiger partial charge in [0.15, 0.2) is 0 Å². The fraction of sp³-hybridized carbons (Fsp3) is 0.786. The van der Waals surface area contributed by atoms with E-state index >= 15 is 0 Å². The Hall–Kier alpha value is -0.490. The van der Waals surface area contributed by atoms with E-state index in [0.717, 1.165) is 57.7 Å². The number of aryl methyl sites for hydroxylation is 1. The second-order valence-corrected chi connectivity index (χ2v) is 6.54. The molecule has 3 rings (SSSR count). The molecule has 0 radical (unpaired) electrons. The van der Waals surface area contributed by atoms with E-state index in [1.165, 1.54) is 5.01 Å². The lowest BCUT2D eigenvalue weighted by molar-refractivity contribution is -0.140. The van der Waals surface area contributed by atoms with Gasteiger partial charge in [0.2, 0.25) is 0 Å². The Morgan fingerprint density at radius 1 is 1.42 bits per heavy atom. The molecule has 2 aliphatic rings. The molecule has 0 aromatic carbocycles. The molecule has 0 bridgehead atoms. The molecule has 1 N–H and O–H groups in total. The van der Waals surface area contributed by atoms with Gasteiger partial charge in [-0.1, -0.05) is 0 Å². The van der Waals surface area contributed by atoms with Crippen LogP contribution in [0.3, 0.4) is 0 Å². The molecule has 2 fully saturated rings. The summed E-state index contributed by atoms with van der Waals surface area (Å²) in [5, 5.41) is 6.95. The van der Waals surface area contributed by atoms with Crippen molar-refractivity contribution in [2.75, 3.05) is 19.8 Å². The molecular weight excluding hydrogens is 260 g/mol. The van der Waals surface area contributed by atoms with Gasteiger partial charge in [0.05, 0.1) is 5.60 Å². The van der Waals surface area contributed by atoms with Crippen LogP contribution in [0, 0.1) is 6.92 Å². The third kappa shape index (κ3) is 3.34. The number of ether oxygens (including phenoxy) is 2. The zero-order valence-corrected chi connectivity index (χ0v) is 12.3. The Balaban J connectivity index is 1.53. The largest absolute Gasteiger partial charge is 0.381 e. The molecule has 1 spiro atoms. The number of hydrogen-bond acceptors (Lipinski definition) is 5. The zero-order chi connectivity index (χ0) is 13.1. The maximum Gasteiger partial charge on any atom is 0.107 e. The smallest absolute Gasteiger partial charge is 0.107 e. The van der Waals surface area contributed by atoms with Crippen LogP contribution in [0.5, 0.6) is 0 Å². The lowest BCUT2D eigenvalue weighted by Crippen LogP contribution is -2.49. The van der Waals surface area contributed by atoms with Crippen LogP contribution in [0.2, 0.25) is 0 Å². The fourth-order valence-corrected chi connectivity index (χ4v) is 3.73. The molecule has 5 heteroatoms. The Bertz CT molecular complexity index is 410. The molecule has 2 saturated heterocycles. The van der Waals surface area contributed by atoms with Crippen LogP contribution in [-0.2, 0) is 16.0 Å². The average Bonchev–Trinajstić information content (AvgIpc) is 2.83. The fourth-order valence-electron chi connectivity index (χ4n) is 3.01. The van der Waals surface area contributed by atoms with Crippen molar-refractivity contribution in [1.29, 1.82) is 0 Å². The molecule has 2 aliphatic heterocycles. The highest BCUT2D eigenvalue weighted by atomic mass is 32.1. The van der Waals surface area contributed by atoms with Gasteiger partial charge in [-0.3, -0.25) is 0 Å². The number of nitrogens with one attached hydrogen (secondary N) is 1. The topological polar surface area (TPSA) is 43.4 Å². The summed E-state index contributed by atoms with van der Waals surface area (Å²) in [6.45, 7) is 5.49. The van der Waals surface area contributed by atoms with Gasteiger partial charge >= 0.3 is 0 Å². The van der Waals surface area contributed by atoms with Crippen molar-refractivity contribution >= 4 is 11.3 Å². The second kappa shape index (κ2) is 5.87. The predicted octanol–water partition coefficient (Wildman–Crippen LogP) is 2.27. The first kappa shape index (κ1) is 13.5. The standard InChI is InChI=1S/C14H22N2O2S/c1-11-10-19-13(16-11)9-15-12-2-5-18-14(8-12)3-6-17-7-4-14/h10,12,15H,2-9H2,1H3. The maximum atomic E-state index is 6.06. The van der Waals surface area contributed by atoms with Gasteiger partial charge in [-0.25, -0.2) is 4.98 Å². The van der Waals surface area contributed by atoms with E-state index in [4.69, 9.17) is 9.47 Å². The minimum absolute atomic E-state index is 0.0764. The minimum atomic E-state index is 0.0764. The predicted molar refractivity (Wildman–Crippen MR) is 75.4 cm³/mol. The molecule has 1 aromatic heterocycles. The second-order valence-electron chi connectivity index (χ2n) is 5.60. The quantitative estimate of drug-likeness (QED) is 0.923.